The van der Waals surface area contributed by atoms with E-state index in [2.05, 4.69) is 11.4 Å². The molecule has 1 atom stereocenters. The lowest BCUT2D eigenvalue weighted by atomic mass is 10.0. The van der Waals surface area contributed by atoms with Crippen LogP contribution in [0.3, 0.4) is 0 Å². The molecule has 0 aromatic heterocycles. The molecule has 17 heavy (non-hydrogen) atoms. The van der Waals surface area contributed by atoms with Gasteiger partial charge in [0.1, 0.15) is 15.4 Å². The highest BCUT2D eigenvalue weighted by atomic mass is 32.2. The molecule has 0 spiro atoms. The number of hydrogen-bond acceptors (Lipinski definition) is 5. The van der Waals surface area contributed by atoms with Crippen LogP contribution in [0.15, 0.2) is 0 Å². The summed E-state index contributed by atoms with van der Waals surface area (Å²) in [7, 11) is -2.86. The Hall–Kier alpha value is -0.250. The second-order valence-electron chi connectivity index (χ2n) is 4.85. The molecule has 0 radical (unpaired) electrons. The Balaban J connectivity index is 2.17. The van der Waals surface area contributed by atoms with Crippen LogP contribution in [0, 0.1) is 11.3 Å². The molecule has 6 heteroatoms. The maximum atomic E-state index is 10.9. The first kappa shape index (κ1) is 14.8. The van der Waals surface area contributed by atoms with Crippen LogP contribution in [-0.2, 0) is 9.84 Å². The molecule has 0 amide bonds. The standard InChI is InChI=1S/C11H20N2O2S2/c1-11(9-12,13-10-3-4-10)5-6-16-7-8-17(2,14)15/h10,13H,3-8H2,1-2H3. The third kappa shape index (κ3) is 6.92. The zero-order valence-electron chi connectivity index (χ0n) is 10.4. The van der Waals surface area contributed by atoms with Gasteiger partial charge in [-0.3, -0.25) is 5.32 Å². The van der Waals surface area contributed by atoms with Crippen molar-refractivity contribution >= 4 is 21.6 Å². The van der Waals surface area contributed by atoms with E-state index in [1.54, 1.807) is 11.8 Å². The fourth-order valence-electron chi connectivity index (χ4n) is 1.43. The van der Waals surface area contributed by atoms with Gasteiger partial charge in [-0.25, -0.2) is 8.42 Å². The average Bonchev–Trinajstić information content (AvgIpc) is 2.99. The molecule has 0 aromatic rings. The molecule has 0 bridgehead atoms. The molecule has 0 aromatic carbocycles. The summed E-state index contributed by atoms with van der Waals surface area (Å²) in [5.74, 6) is 1.65. The van der Waals surface area contributed by atoms with E-state index in [4.69, 9.17) is 5.26 Å². The predicted octanol–water partition coefficient (Wildman–Crippen LogP) is 1.19. The Morgan fingerprint density at radius 3 is 2.59 bits per heavy atom. The number of nitrogens with one attached hydrogen (secondary N) is 1. The van der Waals surface area contributed by atoms with Gasteiger partial charge in [0, 0.05) is 18.1 Å². The Bertz CT molecular complexity index is 385. The fourth-order valence-corrected chi connectivity index (χ4v) is 3.87. The molecule has 1 unspecified atom stereocenters. The normalized spacial score (nSPS) is 19.6. The van der Waals surface area contributed by atoms with E-state index in [0.717, 1.165) is 12.2 Å². The van der Waals surface area contributed by atoms with E-state index >= 15 is 0 Å². The molecule has 98 valence electrons. The summed E-state index contributed by atoms with van der Waals surface area (Å²) in [6.45, 7) is 1.92. The Labute approximate surface area is 108 Å². The van der Waals surface area contributed by atoms with Gasteiger partial charge in [0.05, 0.1) is 11.8 Å². The van der Waals surface area contributed by atoms with Crippen LogP contribution in [0.1, 0.15) is 26.2 Å². The first-order valence-electron chi connectivity index (χ1n) is 5.79. The average molecular weight is 276 g/mol. The van der Waals surface area contributed by atoms with Gasteiger partial charge < -0.3 is 0 Å². The van der Waals surface area contributed by atoms with Crippen LogP contribution in [0.25, 0.3) is 0 Å². The van der Waals surface area contributed by atoms with Gasteiger partial charge in [-0.05, 0) is 31.9 Å². The topological polar surface area (TPSA) is 70.0 Å². The minimum atomic E-state index is -2.86. The summed E-state index contributed by atoms with van der Waals surface area (Å²) < 4.78 is 21.8. The summed E-state index contributed by atoms with van der Waals surface area (Å²) >= 11 is 1.60. The SMILES string of the molecule is CC(C#N)(CCSCCS(C)(=O)=O)NC1CC1. The van der Waals surface area contributed by atoms with Crippen molar-refractivity contribution in [2.45, 2.75) is 37.8 Å². The summed E-state index contributed by atoms with van der Waals surface area (Å²) in [6, 6.07) is 2.83. The zero-order chi connectivity index (χ0) is 12.9. The van der Waals surface area contributed by atoms with Gasteiger partial charge in [0.2, 0.25) is 0 Å². The Morgan fingerprint density at radius 2 is 2.12 bits per heavy atom. The molecule has 1 rings (SSSR count). The Morgan fingerprint density at radius 1 is 1.47 bits per heavy atom. The van der Waals surface area contributed by atoms with Crippen LogP contribution in [0.2, 0.25) is 0 Å². The van der Waals surface area contributed by atoms with Crippen molar-refractivity contribution in [2.24, 2.45) is 0 Å². The summed E-state index contributed by atoms with van der Waals surface area (Å²) in [4.78, 5) is 0. The van der Waals surface area contributed by atoms with E-state index in [1.807, 2.05) is 6.92 Å². The van der Waals surface area contributed by atoms with Gasteiger partial charge in [0.25, 0.3) is 0 Å². The van der Waals surface area contributed by atoms with Crippen molar-refractivity contribution < 1.29 is 8.42 Å². The number of hydrogen-bond donors (Lipinski definition) is 1. The van der Waals surface area contributed by atoms with Crippen molar-refractivity contribution in [3.63, 3.8) is 0 Å². The molecule has 1 N–H and O–H groups in total. The molecule has 1 aliphatic carbocycles. The van der Waals surface area contributed by atoms with Crippen molar-refractivity contribution in [3.05, 3.63) is 0 Å². The molecule has 0 aliphatic heterocycles. The lowest BCUT2D eigenvalue weighted by molar-refractivity contribution is 0.434. The lowest BCUT2D eigenvalue weighted by Gasteiger charge is -2.22. The number of rotatable bonds is 8. The number of sulfone groups is 1. The van der Waals surface area contributed by atoms with Gasteiger partial charge in [-0.2, -0.15) is 17.0 Å². The van der Waals surface area contributed by atoms with E-state index in [1.165, 1.54) is 19.1 Å². The van der Waals surface area contributed by atoms with E-state index in [-0.39, 0.29) is 5.75 Å². The van der Waals surface area contributed by atoms with E-state index < -0.39 is 15.4 Å². The van der Waals surface area contributed by atoms with Crippen molar-refractivity contribution in [1.29, 1.82) is 5.26 Å². The smallest absolute Gasteiger partial charge is 0.148 e. The summed E-state index contributed by atoms with van der Waals surface area (Å²) in [5.41, 5.74) is -0.459. The maximum Gasteiger partial charge on any atom is 0.148 e. The molecule has 0 heterocycles. The molecule has 1 aliphatic rings. The van der Waals surface area contributed by atoms with E-state index in [0.29, 0.717) is 11.8 Å². The number of nitriles is 1. The summed E-state index contributed by atoms with van der Waals surface area (Å²) in [6.07, 6.45) is 4.34. The highest BCUT2D eigenvalue weighted by Crippen LogP contribution is 2.24. The molecular formula is C11H20N2O2S2. The van der Waals surface area contributed by atoms with Crippen LogP contribution in [-0.4, -0.2) is 43.5 Å². The van der Waals surface area contributed by atoms with Gasteiger partial charge >= 0.3 is 0 Å². The van der Waals surface area contributed by atoms with Gasteiger partial charge in [0.15, 0.2) is 0 Å². The zero-order valence-corrected chi connectivity index (χ0v) is 12.0. The molecule has 1 fully saturated rings. The highest BCUT2D eigenvalue weighted by Gasteiger charge is 2.31. The molecule has 4 nitrogen and oxygen atoms in total. The maximum absolute atomic E-state index is 10.9. The molecular weight excluding hydrogens is 256 g/mol. The minimum absolute atomic E-state index is 0.219. The largest absolute Gasteiger partial charge is 0.297 e. The van der Waals surface area contributed by atoms with E-state index in [9.17, 15) is 8.42 Å². The van der Waals surface area contributed by atoms with Gasteiger partial charge in [-0.15, -0.1) is 0 Å². The lowest BCUT2D eigenvalue weighted by Crippen LogP contribution is -2.42. The van der Waals surface area contributed by atoms with Crippen molar-refractivity contribution in [2.75, 3.05) is 23.5 Å². The first-order valence-corrected chi connectivity index (χ1v) is 9.01. The summed E-state index contributed by atoms with van der Waals surface area (Å²) in [5, 5.41) is 12.5. The second-order valence-corrected chi connectivity index (χ2v) is 8.34. The second kappa shape index (κ2) is 6.07. The third-order valence-corrected chi connectivity index (χ3v) is 4.88. The fraction of sp³-hybridized carbons (Fsp3) is 0.909. The van der Waals surface area contributed by atoms with Crippen LogP contribution in [0.4, 0.5) is 0 Å². The first-order chi connectivity index (χ1) is 7.85. The van der Waals surface area contributed by atoms with Crippen LogP contribution in [0.5, 0.6) is 0 Å². The van der Waals surface area contributed by atoms with Gasteiger partial charge in [-0.1, -0.05) is 0 Å². The Kier molecular flexibility index (Phi) is 5.29. The van der Waals surface area contributed by atoms with Crippen LogP contribution < -0.4 is 5.32 Å². The minimum Gasteiger partial charge on any atom is -0.297 e. The highest BCUT2D eigenvalue weighted by molar-refractivity contribution is 8.00. The van der Waals surface area contributed by atoms with Crippen molar-refractivity contribution in [1.82, 2.24) is 5.32 Å². The quantitative estimate of drug-likeness (QED) is 0.674. The third-order valence-electron chi connectivity index (χ3n) is 2.69. The molecule has 1 saturated carbocycles. The molecule has 0 saturated heterocycles. The number of thioether (sulfide) groups is 1. The number of nitrogens with zero attached hydrogens (tertiary/aromatic N) is 1. The van der Waals surface area contributed by atoms with Crippen LogP contribution >= 0.6 is 11.8 Å². The van der Waals surface area contributed by atoms with Crippen molar-refractivity contribution in [3.8, 4) is 6.07 Å². The monoisotopic (exact) mass is 276 g/mol. The predicted molar refractivity (Wildman–Crippen MR) is 71.8 cm³/mol.